The summed E-state index contributed by atoms with van der Waals surface area (Å²) >= 11 is 6.56. The van der Waals surface area contributed by atoms with E-state index in [9.17, 15) is 4.79 Å². The molecule has 0 spiro atoms. The third-order valence-electron chi connectivity index (χ3n) is 2.74. The van der Waals surface area contributed by atoms with Gasteiger partial charge in [-0.2, -0.15) is 0 Å². The van der Waals surface area contributed by atoms with Gasteiger partial charge >= 0.3 is 0 Å². The lowest BCUT2D eigenvalue weighted by molar-refractivity contribution is -0.113. The summed E-state index contributed by atoms with van der Waals surface area (Å²) in [5.41, 5.74) is 3.04. The van der Waals surface area contributed by atoms with Crippen LogP contribution in [0.1, 0.15) is 18.1 Å². The second kappa shape index (κ2) is 5.75. The zero-order chi connectivity index (χ0) is 14.0. The van der Waals surface area contributed by atoms with Crippen molar-refractivity contribution in [2.45, 2.75) is 20.8 Å². The van der Waals surface area contributed by atoms with Crippen molar-refractivity contribution in [1.29, 1.82) is 0 Å². The number of carbonyl (C=O) groups is 1. The van der Waals surface area contributed by atoms with Crippen molar-refractivity contribution >= 4 is 39.9 Å². The van der Waals surface area contributed by atoms with Gasteiger partial charge in [0.15, 0.2) is 4.32 Å². The average molecular weight is 293 g/mol. The average Bonchev–Trinajstić information content (AvgIpc) is 2.63. The quantitative estimate of drug-likeness (QED) is 0.484. The molecule has 1 amide bonds. The van der Waals surface area contributed by atoms with Crippen molar-refractivity contribution in [1.82, 2.24) is 0 Å². The number of thiocarbonyl (C=S) groups is 1. The van der Waals surface area contributed by atoms with E-state index in [0.717, 1.165) is 16.8 Å². The molecule has 1 aliphatic heterocycles. The van der Waals surface area contributed by atoms with Crippen LogP contribution in [-0.2, 0) is 9.53 Å². The first-order valence-electron chi connectivity index (χ1n) is 6.00. The number of aryl methyl sites for hydroxylation is 2. The Morgan fingerprint density at radius 1 is 1.42 bits per heavy atom. The monoisotopic (exact) mass is 293 g/mol. The number of anilines is 1. The molecule has 0 bridgehead atoms. The van der Waals surface area contributed by atoms with Gasteiger partial charge in [0, 0.05) is 0 Å². The number of ether oxygens (including phenoxy) is 1. The number of hydrogen-bond acceptors (Lipinski definition) is 4. The molecule has 1 aromatic rings. The predicted molar refractivity (Wildman–Crippen MR) is 83.3 cm³/mol. The van der Waals surface area contributed by atoms with Crippen molar-refractivity contribution in [2.24, 2.45) is 0 Å². The Balaban J connectivity index is 2.35. The molecule has 100 valence electrons. The van der Waals surface area contributed by atoms with Crippen LogP contribution in [0.2, 0.25) is 0 Å². The minimum Gasteiger partial charge on any atom is -0.500 e. The van der Waals surface area contributed by atoms with Crippen LogP contribution in [0.4, 0.5) is 5.69 Å². The van der Waals surface area contributed by atoms with Crippen molar-refractivity contribution in [2.75, 3.05) is 11.5 Å². The van der Waals surface area contributed by atoms with Crippen molar-refractivity contribution < 1.29 is 9.53 Å². The summed E-state index contributed by atoms with van der Waals surface area (Å²) in [5.74, 6) is -0.115. The van der Waals surface area contributed by atoms with Crippen LogP contribution in [0.25, 0.3) is 0 Å². The number of carbonyl (C=O) groups excluding carboxylic acids is 1. The summed E-state index contributed by atoms with van der Waals surface area (Å²) in [7, 11) is 0. The topological polar surface area (TPSA) is 29.5 Å². The van der Waals surface area contributed by atoms with Gasteiger partial charge in [0.05, 0.1) is 12.3 Å². The van der Waals surface area contributed by atoms with Gasteiger partial charge in [-0.3, -0.25) is 9.69 Å². The molecule has 0 saturated carbocycles. The van der Waals surface area contributed by atoms with Gasteiger partial charge < -0.3 is 4.74 Å². The molecule has 0 radical (unpaired) electrons. The Labute approximate surface area is 122 Å². The van der Waals surface area contributed by atoms with Gasteiger partial charge in [0.1, 0.15) is 11.2 Å². The first kappa shape index (κ1) is 14.1. The van der Waals surface area contributed by atoms with E-state index in [1.54, 1.807) is 4.90 Å². The van der Waals surface area contributed by atoms with Crippen molar-refractivity contribution in [3.8, 4) is 0 Å². The molecule has 1 fully saturated rings. The highest BCUT2D eigenvalue weighted by atomic mass is 32.2. The third kappa shape index (κ3) is 2.82. The van der Waals surface area contributed by atoms with Crippen LogP contribution >= 0.6 is 24.0 Å². The fraction of sp³-hybridized carbons (Fsp3) is 0.286. The molecular formula is C14H15NO2S2. The fourth-order valence-corrected chi connectivity index (χ4v) is 3.08. The molecule has 0 aromatic heterocycles. The number of amides is 1. The summed E-state index contributed by atoms with van der Waals surface area (Å²) in [6, 6.07) is 5.95. The lowest BCUT2D eigenvalue weighted by Gasteiger charge is -2.17. The van der Waals surface area contributed by atoms with E-state index in [1.165, 1.54) is 18.0 Å². The van der Waals surface area contributed by atoms with Gasteiger partial charge in [-0.15, -0.1) is 0 Å². The minimum atomic E-state index is -0.115. The normalized spacial score (nSPS) is 17.4. The minimum absolute atomic E-state index is 0.115. The Kier molecular flexibility index (Phi) is 4.27. The van der Waals surface area contributed by atoms with Crippen LogP contribution in [0.15, 0.2) is 29.4 Å². The molecule has 1 saturated heterocycles. The highest BCUT2D eigenvalue weighted by Crippen LogP contribution is 2.36. The standard InChI is InChI=1S/C14H15NO2S2/c1-4-17-8-12-13(16)15(14(18)19-12)11-6-5-9(2)7-10(11)3/h5-8H,4H2,1-3H3. The first-order chi connectivity index (χ1) is 9.04. The summed E-state index contributed by atoms with van der Waals surface area (Å²) in [6.45, 7) is 6.41. The van der Waals surface area contributed by atoms with Crippen LogP contribution in [0, 0.1) is 13.8 Å². The van der Waals surface area contributed by atoms with Gasteiger partial charge in [0.25, 0.3) is 5.91 Å². The highest BCUT2D eigenvalue weighted by molar-refractivity contribution is 8.27. The van der Waals surface area contributed by atoms with Crippen LogP contribution in [-0.4, -0.2) is 16.8 Å². The van der Waals surface area contributed by atoms with Crippen LogP contribution in [0.3, 0.4) is 0 Å². The third-order valence-corrected chi connectivity index (χ3v) is 4.02. The molecule has 19 heavy (non-hydrogen) atoms. The van der Waals surface area contributed by atoms with E-state index in [0.29, 0.717) is 15.8 Å². The van der Waals surface area contributed by atoms with Gasteiger partial charge in [0.2, 0.25) is 0 Å². The smallest absolute Gasteiger partial charge is 0.273 e. The molecule has 1 aromatic carbocycles. The van der Waals surface area contributed by atoms with Crippen molar-refractivity contribution in [3.63, 3.8) is 0 Å². The molecule has 5 heteroatoms. The number of thioether (sulfide) groups is 1. The fourth-order valence-electron chi connectivity index (χ4n) is 1.87. The Hall–Kier alpha value is -1.33. The van der Waals surface area contributed by atoms with E-state index in [1.807, 2.05) is 39.0 Å². The van der Waals surface area contributed by atoms with Gasteiger partial charge in [-0.1, -0.05) is 41.7 Å². The number of nitrogens with zero attached hydrogens (tertiary/aromatic N) is 1. The second-order valence-electron chi connectivity index (χ2n) is 4.24. The maximum atomic E-state index is 12.3. The molecule has 0 unspecified atom stereocenters. The molecule has 0 N–H and O–H groups in total. The molecule has 2 rings (SSSR count). The zero-order valence-electron chi connectivity index (χ0n) is 11.1. The maximum Gasteiger partial charge on any atom is 0.273 e. The predicted octanol–water partition coefficient (Wildman–Crippen LogP) is 3.55. The van der Waals surface area contributed by atoms with E-state index in [-0.39, 0.29) is 5.91 Å². The second-order valence-corrected chi connectivity index (χ2v) is 5.91. The van der Waals surface area contributed by atoms with Gasteiger partial charge in [-0.05, 0) is 32.4 Å². The SMILES string of the molecule is CCOC=C1SC(=S)N(c2ccc(C)cc2C)C1=O. The first-order valence-corrected chi connectivity index (χ1v) is 7.22. The summed E-state index contributed by atoms with van der Waals surface area (Å²) in [4.78, 5) is 14.4. The Morgan fingerprint density at radius 3 is 2.79 bits per heavy atom. The molecule has 3 nitrogen and oxygen atoms in total. The number of rotatable bonds is 3. The van der Waals surface area contributed by atoms with E-state index in [4.69, 9.17) is 17.0 Å². The Morgan fingerprint density at radius 2 is 2.16 bits per heavy atom. The van der Waals surface area contributed by atoms with E-state index < -0.39 is 0 Å². The molecular weight excluding hydrogens is 278 g/mol. The molecule has 1 aliphatic rings. The molecule has 0 atom stereocenters. The maximum absolute atomic E-state index is 12.3. The van der Waals surface area contributed by atoms with Crippen molar-refractivity contribution in [3.05, 3.63) is 40.5 Å². The Bertz CT molecular complexity index is 567. The summed E-state index contributed by atoms with van der Waals surface area (Å²) in [6.07, 6.45) is 1.49. The van der Waals surface area contributed by atoms with E-state index >= 15 is 0 Å². The molecule has 1 heterocycles. The lowest BCUT2D eigenvalue weighted by Crippen LogP contribution is -2.28. The van der Waals surface area contributed by atoms with Crippen LogP contribution in [0.5, 0.6) is 0 Å². The highest BCUT2D eigenvalue weighted by Gasteiger charge is 2.34. The van der Waals surface area contributed by atoms with E-state index in [2.05, 4.69) is 0 Å². The largest absolute Gasteiger partial charge is 0.500 e. The number of hydrogen-bond donors (Lipinski definition) is 0. The van der Waals surface area contributed by atoms with Gasteiger partial charge in [-0.25, -0.2) is 0 Å². The van der Waals surface area contributed by atoms with Crippen LogP contribution < -0.4 is 4.90 Å². The summed E-state index contributed by atoms with van der Waals surface area (Å²) in [5, 5.41) is 0. The lowest BCUT2D eigenvalue weighted by atomic mass is 10.1. The number of benzene rings is 1. The molecule has 0 aliphatic carbocycles. The summed E-state index contributed by atoms with van der Waals surface area (Å²) < 4.78 is 5.72. The zero-order valence-corrected chi connectivity index (χ0v) is 12.7.